The van der Waals surface area contributed by atoms with Crippen LogP contribution in [0.25, 0.3) is 0 Å². The molecule has 1 aromatic heterocycles. The molecule has 208 valence electrons. The Kier molecular flexibility index (Phi) is 7.88. The number of nitrogen functional groups attached to an aromatic ring is 1. The van der Waals surface area contributed by atoms with Gasteiger partial charge in [-0.25, -0.2) is 9.78 Å². The van der Waals surface area contributed by atoms with Crippen LogP contribution in [0.5, 0.6) is 0 Å². The van der Waals surface area contributed by atoms with Gasteiger partial charge in [-0.05, 0) is 43.5 Å². The number of β-lactam (4-membered cyclic amide) rings is 1. The molecule has 0 radical (unpaired) electrons. The summed E-state index contributed by atoms with van der Waals surface area (Å²) in [6.45, 7) is 2.80. The molecule has 16 heteroatoms. The van der Waals surface area contributed by atoms with E-state index in [-0.39, 0.29) is 28.2 Å². The summed E-state index contributed by atoms with van der Waals surface area (Å²) in [7, 11) is 0. The Morgan fingerprint density at radius 3 is 2.74 bits per heavy atom. The lowest BCUT2D eigenvalue weighted by Crippen LogP contribution is -2.71. The largest absolute Gasteiger partial charge is 0.477 e. The maximum Gasteiger partial charge on any atom is 0.352 e. The molecule has 4 aliphatic rings. The number of anilines is 1. The van der Waals surface area contributed by atoms with Crippen LogP contribution in [0.15, 0.2) is 33.0 Å². The summed E-state index contributed by atoms with van der Waals surface area (Å²) < 4.78 is 0. The first kappa shape index (κ1) is 27.1. The highest BCUT2D eigenvalue weighted by Gasteiger charge is 2.55. The average molecular weight is 577 g/mol. The molecule has 0 aromatic carbocycles. The van der Waals surface area contributed by atoms with E-state index in [2.05, 4.69) is 31.4 Å². The molecule has 0 saturated carbocycles. The van der Waals surface area contributed by atoms with Crippen molar-refractivity contribution < 1.29 is 29.5 Å². The van der Waals surface area contributed by atoms with Crippen LogP contribution in [0.3, 0.4) is 0 Å². The van der Waals surface area contributed by atoms with Crippen LogP contribution in [0.4, 0.5) is 5.13 Å². The number of nitrogens with one attached hydrogen (secondary N) is 4. The van der Waals surface area contributed by atoms with Crippen LogP contribution in [0, 0.1) is 0 Å². The van der Waals surface area contributed by atoms with E-state index < -0.39 is 34.9 Å². The van der Waals surface area contributed by atoms with E-state index in [1.165, 1.54) is 17.1 Å². The number of rotatable bonds is 9. The number of oxime groups is 1. The Bertz CT molecular complexity index is 1300. The van der Waals surface area contributed by atoms with Gasteiger partial charge in [0.2, 0.25) is 5.91 Å². The van der Waals surface area contributed by atoms with Gasteiger partial charge in [0, 0.05) is 35.8 Å². The lowest BCUT2D eigenvalue weighted by molar-refractivity contribution is -0.150. The molecule has 0 spiro atoms. The Labute approximate surface area is 231 Å². The van der Waals surface area contributed by atoms with Gasteiger partial charge in [0.05, 0.1) is 0 Å². The molecule has 4 aliphatic heterocycles. The number of hydrogen-bond donors (Lipinski definition) is 7. The van der Waals surface area contributed by atoms with E-state index in [0.717, 1.165) is 35.7 Å². The molecule has 1 unspecified atom stereocenters. The Balaban J connectivity index is 1.38. The fraction of sp³-hybridized carbons (Fsp3) is 0.478. The SMILES string of the molecule is Nc1nc(C(=NO)C(=O)N[C@@H]2C(=O)N3C(C(=O)O)=C(C(CCNC4CCNC4)=C4CCNC4=O)CS[C@H]23)cs1. The molecular formula is C23H28N8O6S2. The van der Waals surface area contributed by atoms with Crippen LogP contribution < -0.4 is 27.0 Å². The first-order valence-electron chi connectivity index (χ1n) is 12.4. The molecule has 3 fully saturated rings. The van der Waals surface area contributed by atoms with Gasteiger partial charge in [-0.1, -0.05) is 5.16 Å². The molecular weight excluding hydrogens is 548 g/mol. The third-order valence-corrected chi connectivity index (χ3v) is 9.02. The molecule has 3 saturated heterocycles. The standard InChI is InChI=1S/C23H28N8O6S2/c24-23-28-14(9-39-23)15(30-37)19(33)29-16-20(34)31-17(22(35)36)13(8-38-21(16)31)11(12-3-6-27-18(12)32)2-5-26-10-1-4-25-7-10/h9-10,16,21,25-26,37H,1-8H2,(H2,24,28)(H,27,32)(H,29,33)(H,35,36)/t10?,16-,21-/m1/s1. The van der Waals surface area contributed by atoms with E-state index in [1.807, 2.05) is 0 Å². The molecule has 39 heavy (non-hydrogen) atoms. The van der Waals surface area contributed by atoms with Crippen molar-refractivity contribution >= 4 is 57.6 Å². The van der Waals surface area contributed by atoms with Gasteiger partial charge in [-0.3, -0.25) is 19.3 Å². The number of carboxylic acids is 1. The van der Waals surface area contributed by atoms with Crippen molar-refractivity contribution in [3.63, 3.8) is 0 Å². The van der Waals surface area contributed by atoms with Gasteiger partial charge in [0.15, 0.2) is 10.8 Å². The molecule has 3 atom stereocenters. The number of carbonyl (C=O) groups is 4. The van der Waals surface area contributed by atoms with Crippen molar-refractivity contribution in [3.8, 4) is 0 Å². The monoisotopic (exact) mass is 576 g/mol. The van der Waals surface area contributed by atoms with Gasteiger partial charge in [0.1, 0.15) is 22.8 Å². The number of amides is 3. The molecule has 5 rings (SSSR count). The van der Waals surface area contributed by atoms with Crippen molar-refractivity contribution in [1.29, 1.82) is 0 Å². The highest BCUT2D eigenvalue weighted by atomic mass is 32.2. The molecule has 0 bridgehead atoms. The van der Waals surface area contributed by atoms with E-state index in [0.29, 0.717) is 48.7 Å². The van der Waals surface area contributed by atoms with E-state index in [4.69, 9.17) is 5.73 Å². The second-order valence-electron chi connectivity index (χ2n) is 9.37. The zero-order chi connectivity index (χ0) is 27.7. The fourth-order valence-corrected chi connectivity index (χ4v) is 7.12. The van der Waals surface area contributed by atoms with Crippen LogP contribution in [0.2, 0.25) is 0 Å². The Morgan fingerprint density at radius 1 is 1.31 bits per heavy atom. The number of thiazole rings is 1. The number of nitrogens with two attached hydrogens (primary N) is 1. The topological polar surface area (TPSA) is 211 Å². The van der Waals surface area contributed by atoms with Crippen LogP contribution >= 0.6 is 23.1 Å². The predicted molar refractivity (Wildman–Crippen MR) is 143 cm³/mol. The molecule has 5 heterocycles. The smallest absolute Gasteiger partial charge is 0.352 e. The minimum atomic E-state index is -1.28. The van der Waals surface area contributed by atoms with Gasteiger partial charge in [-0.2, -0.15) is 0 Å². The number of carbonyl (C=O) groups excluding carboxylic acids is 3. The molecule has 3 amide bonds. The summed E-state index contributed by atoms with van der Waals surface area (Å²) in [6, 6.07) is -0.727. The summed E-state index contributed by atoms with van der Waals surface area (Å²) in [5.41, 5.74) is 6.68. The van der Waals surface area contributed by atoms with Crippen molar-refractivity contribution in [2.75, 3.05) is 37.7 Å². The van der Waals surface area contributed by atoms with Gasteiger partial charge in [0.25, 0.3) is 11.8 Å². The second kappa shape index (κ2) is 11.3. The third kappa shape index (κ3) is 5.24. The average Bonchev–Trinajstić information content (AvgIpc) is 3.68. The zero-order valence-corrected chi connectivity index (χ0v) is 22.4. The molecule has 8 N–H and O–H groups in total. The number of nitrogens with zero attached hydrogens (tertiary/aromatic N) is 3. The van der Waals surface area contributed by atoms with Crippen LogP contribution in [0.1, 0.15) is 25.0 Å². The summed E-state index contributed by atoms with van der Waals surface area (Å²) in [5, 5.41) is 35.5. The van der Waals surface area contributed by atoms with E-state index in [1.54, 1.807) is 0 Å². The Morgan fingerprint density at radius 2 is 2.13 bits per heavy atom. The minimum Gasteiger partial charge on any atom is -0.477 e. The van der Waals surface area contributed by atoms with Gasteiger partial charge >= 0.3 is 5.97 Å². The number of carboxylic acid groups (broad SMARTS) is 1. The van der Waals surface area contributed by atoms with E-state index in [9.17, 15) is 29.5 Å². The number of hydrogen-bond acceptors (Lipinski definition) is 12. The molecule has 14 nitrogen and oxygen atoms in total. The van der Waals surface area contributed by atoms with Crippen molar-refractivity contribution in [2.45, 2.75) is 36.7 Å². The zero-order valence-electron chi connectivity index (χ0n) is 20.7. The normalized spacial score (nSPS) is 26.3. The van der Waals surface area contributed by atoms with Gasteiger partial charge < -0.3 is 37.3 Å². The van der Waals surface area contributed by atoms with Crippen LogP contribution in [-0.2, 0) is 19.2 Å². The lowest BCUT2D eigenvalue weighted by Gasteiger charge is -2.49. The Hall–Kier alpha value is -3.47. The summed E-state index contributed by atoms with van der Waals surface area (Å²) in [5.74, 6) is -2.72. The highest BCUT2D eigenvalue weighted by Crippen LogP contribution is 2.43. The third-order valence-electron chi connectivity index (χ3n) is 7.07. The maximum absolute atomic E-state index is 13.2. The first-order chi connectivity index (χ1) is 18.8. The quantitative estimate of drug-likeness (QED) is 0.0610. The highest BCUT2D eigenvalue weighted by molar-refractivity contribution is 8.00. The second-order valence-corrected chi connectivity index (χ2v) is 11.4. The predicted octanol–water partition coefficient (Wildman–Crippen LogP) is -1.20. The maximum atomic E-state index is 13.2. The van der Waals surface area contributed by atoms with Crippen molar-refractivity contribution in [3.05, 3.63) is 33.5 Å². The van der Waals surface area contributed by atoms with Gasteiger partial charge in [-0.15, -0.1) is 23.1 Å². The van der Waals surface area contributed by atoms with Crippen LogP contribution in [-0.4, -0.2) is 99.0 Å². The number of aliphatic carboxylic acids is 1. The lowest BCUT2D eigenvalue weighted by atomic mass is 9.92. The first-order valence-corrected chi connectivity index (χ1v) is 14.3. The number of thioether (sulfide) groups is 1. The summed E-state index contributed by atoms with van der Waals surface area (Å²) in [6.07, 6.45) is 1.90. The molecule has 0 aliphatic carbocycles. The fourth-order valence-electron chi connectivity index (χ4n) is 5.19. The summed E-state index contributed by atoms with van der Waals surface area (Å²) in [4.78, 5) is 56.2. The minimum absolute atomic E-state index is 0.0546. The number of fused-ring (bicyclic) bond motifs is 1. The number of aromatic nitrogens is 1. The molecule has 1 aromatic rings. The van der Waals surface area contributed by atoms with Crippen molar-refractivity contribution in [1.82, 2.24) is 31.2 Å². The van der Waals surface area contributed by atoms with E-state index >= 15 is 0 Å². The summed E-state index contributed by atoms with van der Waals surface area (Å²) >= 11 is 2.36. The van der Waals surface area contributed by atoms with Crippen molar-refractivity contribution in [2.24, 2.45) is 5.16 Å².